The molecule has 110 valence electrons. The van der Waals surface area contributed by atoms with Crippen molar-refractivity contribution in [1.29, 1.82) is 0 Å². The third-order valence-electron chi connectivity index (χ3n) is 3.22. The van der Waals surface area contributed by atoms with Gasteiger partial charge < -0.3 is 4.74 Å². The Balaban J connectivity index is 2.13. The van der Waals surface area contributed by atoms with Gasteiger partial charge in [0, 0.05) is 11.6 Å². The van der Waals surface area contributed by atoms with Crippen LogP contribution in [0.25, 0.3) is 0 Å². The monoisotopic (exact) mass is 306 g/mol. The van der Waals surface area contributed by atoms with E-state index in [-0.39, 0.29) is 23.2 Å². The highest BCUT2D eigenvalue weighted by Crippen LogP contribution is 2.21. The van der Waals surface area contributed by atoms with Crippen LogP contribution in [-0.4, -0.2) is 12.4 Å². The van der Waals surface area contributed by atoms with E-state index in [9.17, 15) is 9.18 Å². The second kappa shape index (κ2) is 6.27. The molecule has 21 heavy (non-hydrogen) atoms. The Hall–Kier alpha value is -1.87. The molecule has 4 heteroatoms. The Labute approximate surface area is 128 Å². The number of hydrogen-bond donors (Lipinski definition) is 0. The molecule has 0 amide bonds. The number of carbonyl (C=O) groups is 1. The Morgan fingerprint density at radius 1 is 1.14 bits per heavy atom. The van der Waals surface area contributed by atoms with E-state index in [1.165, 1.54) is 18.2 Å². The number of ether oxygens (including phenoxy) is 1. The lowest BCUT2D eigenvalue weighted by atomic mass is 9.97. The lowest BCUT2D eigenvalue weighted by molar-refractivity contribution is 0.0920. The summed E-state index contributed by atoms with van der Waals surface area (Å²) in [6.45, 7) is 5.65. The van der Waals surface area contributed by atoms with Gasteiger partial charge >= 0.3 is 0 Å². The topological polar surface area (TPSA) is 26.3 Å². The summed E-state index contributed by atoms with van der Waals surface area (Å²) in [6, 6.07) is 8.03. The summed E-state index contributed by atoms with van der Waals surface area (Å²) in [4.78, 5) is 12.3. The number of Topliss-reactive ketones (excluding diaryl/α,β-unsaturated/α-hetero) is 1. The quantitative estimate of drug-likeness (QED) is 0.768. The molecule has 0 saturated heterocycles. The van der Waals surface area contributed by atoms with Crippen LogP contribution in [0.2, 0.25) is 5.02 Å². The molecule has 0 aliphatic heterocycles. The van der Waals surface area contributed by atoms with E-state index < -0.39 is 5.82 Å². The fourth-order valence-electron chi connectivity index (χ4n) is 2.41. The summed E-state index contributed by atoms with van der Waals surface area (Å²) >= 11 is 5.60. The van der Waals surface area contributed by atoms with E-state index in [4.69, 9.17) is 16.3 Å². The maximum Gasteiger partial charge on any atom is 0.200 e. The summed E-state index contributed by atoms with van der Waals surface area (Å²) in [5.74, 6) is -0.405. The van der Waals surface area contributed by atoms with Crippen LogP contribution in [0, 0.1) is 26.6 Å². The van der Waals surface area contributed by atoms with Crippen LogP contribution < -0.4 is 4.74 Å². The van der Waals surface area contributed by atoms with Gasteiger partial charge in [0.2, 0.25) is 5.78 Å². The zero-order chi connectivity index (χ0) is 15.6. The summed E-state index contributed by atoms with van der Waals surface area (Å²) in [5, 5.41) is 0.0268. The number of ketones is 1. The first kappa shape index (κ1) is 15.5. The highest BCUT2D eigenvalue weighted by molar-refractivity contribution is 6.30. The standard InChI is InChI=1S/C17H16ClFO2/c1-10-6-11(2)17(12(3)7-10)16(20)9-21-13-4-5-14(18)15(19)8-13/h4-8H,9H2,1-3H3. The van der Waals surface area contributed by atoms with Crippen LogP contribution in [-0.2, 0) is 0 Å². The molecule has 0 heterocycles. The average Bonchev–Trinajstić information content (AvgIpc) is 2.39. The summed E-state index contributed by atoms with van der Waals surface area (Å²) < 4.78 is 18.7. The molecular formula is C17H16ClFO2. The first-order valence-electron chi connectivity index (χ1n) is 6.57. The molecule has 2 aromatic carbocycles. The normalized spacial score (nSPS) is 10.5. The molecule has 0 aliphatic rings. The Morgan fingerprint density at radius 3 is 2.33 bits per heavy atom. The number of rotatable bonds is 4. The maximum atomic E-state index is 13.3. The molecule has 0 N–H and O–H groups in total. The second-order valence-corrected chi connectivity index (χ2v) is 5.47. The second-order valence-electron chi connectivity index (χ2n) is 5.06. The van der Waals surface area contributed by atoms with Gasteiger partial charge in [0.1, 0.15) is 11.6 Å². The van der Waals surface area contributed by atoms with E-state index in [0.717, 1.165) is 16.7 Å². The van der Waals surface area contributed by atoms with Crippen LogP contribution in [0.4, 0.5) is 4.39 Å². The van der Waals surface area contributed by atoms with Gasteiger partial charge in [0.25, 0.3) is 0 Å². The largest absolute Gasteiger partial charge is 0.485 e. The molecule has 0 unspecified atom stereocenters. The minimum absolute atomic E-state index is 0.0268. The molecule has 0 aromatic heterocycles. The lowest BCUT2D eigenvalue weighted by Gasteiger charge is -2.11. The summed E-state index contributed by atoms with van der Waals surface area (Å²) in [7, 11) is 0. The Bertz CT molecular complexity index is 672. The third-order valence-corrected chi connectivity index (χ3v) is 3.52. The molecule has 0 saturated carbocycles. The Morgan fingerprint density at radius 2 is 1.76 bits per heavy atom. The van der Waals surface area contributed by atoms with Gasteiger partial charge in [-0.15, -0.1) is 0 Å². The van der Waals surface area contributed by atoms with Crippen LogP contribution in [0.3, 0.4) is 0 Å². The molecule has 0 radical (unpaired) electrons. The van der Waals surface area contributed by atoms with Crippen LogP contribution in [0.15, 0.2) is 30.3 Å². The van der Waals surface area contributed by atoms with Crippen molar-refractivity contribution in [2.75, 3.05) is 6.61 Å². The van der Waals surface area contributed by atoms with E-state index in [1.54, 1.807) is 0 Å². The van der Waals surface area contributed by atoms with Crippen molar-refractivity contribution in [1.82, 2.24) is 0 Å². The summed E-state index contributed by atoms with van der Waals surface area (Å²) in [6.07, 6.45) is 0. The highest BCUT2D eigenvalue weighted by Gasteiger charge is 2.14. The van der Waals surface area contributed by atoms with E-state index in [2.05, 4.69) is 0 Å². The molecule has 0 atom stereocenters. The zero-order valence-electron chi connectivity index (χ0n) is 12.2. The van der Waals surface area contributed by atoms with Gasteiger partial charge in [-0.25, -0.2) is 4.39 Å². The molecule has 2 aromatic rings. The van der Waals surface area contributed by atoms with E-state index in [1.807, 2.05) is 32.9 Å². The molecule has 2 rings (SSSR count). The van der Waals surface area contributed by atoms with E-state index >= 15 is 0 Å². The van der Waals surface area contributed by atoms with Crippen molar-refractivity contribution in [3.63, 3.8) is 0 Å². The van der Waals surface area contributed by atoms with Crippen molar-refractivity contribution in [2.45, 2.75) is 20.8 Å². The molecular weight excluding hydrogens is 291 g/mol. The van der Waals surface area contributed by atoms with E-state index in [0.29, 0.717) is 5.56 Å². The SMILES string of the molecule is Cc1cc(C)c(C(=O)COc2ccc(Cl)c(F)c2)c(C)c1. The number of carbonyl (C=O) groups excluding carboxylic acids is 1. The smallest absolute Gasteiger partial charge is 0.200 e. The van der Waals surface area contributed by atoms with Gasteiger partial charge in [-0.2, -0.15) is 0 Å². The minimum atomic E-state index is -0.565. The first-order chi connectivity index (χ1) is 9.88. The first-order valence-corrected chi connectivity index (χ1v) is 6.95. The van der Waals surface area contributed by atoms with Crippen LogP contribution >= 0.6 is 11.6 Å². The zero-order valence-corrected chi connectivity index (χ0v) is 12.9. The number of hydrogen-bond acceptors (Lipinski definition) is 2. The molecule has 0 bridgehead atoms. The molecule has 0 spiro atoms. The molecule has 0 aliphatic carbocycles. The predicted molar refractivity (Wildman–Crippen MR) is 81.9 cm³/mol. The fourth-order valence-corrected chi connectivity index (χ4v) is 2.53. The van der Waals surface area contributed by atoms with Gasteiger partial charge in [-0.05, 0) is 44.0 Å². The maximum absolute atomic E-state index is 13.3. The fraction of sp³-hybridized carbons (Fsp3) is 0.235. The van der Waals surface area contributed by atoms with Gasteiger partial charge in [0.15, 0.2) is 6.61 Å². The van der Waals surface area contributed by atoms with Crippen LogP contribution in [0.5, 0.6) is 5.75 Å². The third kappa shape index (κ3) is 3.61. The average molecular weight is 307 g/mol. The number of halogens is 2. The molecule has 0 fully saturated rings. The van der Waals surface area contributed by atoms with Crippen LogP contribution in [0.1, 0.15) is 27.0 Å². The van der Waals surface area contributed by atoms with Crippen molar-refractivity contribution < 1.29 is 13.9 Å². The predicted octanol–water partition coefficient (Wildman–Crippen LogP) is 4.67. The number of aryl methyl sites for hydroxylation is 3. The van der Waals surface area contributed by atoms with Gasteiger partial charge in [0.05, 0.1) is 5.02 Å². The minimum Gasteiger partial charge on any atom is -0.485 e. The Kier molecular flexibility index (Phi) is 4.63. The van der Waals surface area contributed by atoms with Gasteiger partial charge in [-0.1, -0.05) is 29.3 Å². The summed E-state index contributed by atoms with van der Waals surface area (Å²) in [5.41, 5.74) is 3.61. The van der Waals surface area contributed by atoms with Crippen molar-refractivity contribution in [2.24, 2.45) is 0 Å². The molecule has 2 nitrogen and oxygen atoms in total. The van der Waals surface area contributed by atoms with Crippen molar-refractivity contribution in [3.05, 3.63) is 63.4 Å². The van der Waals surface area contributed by atoms with Gasteiger partial charge in [-0.3, -0.25) is 4.79 Å². The number of benzene rings is 2. The highest BCUT2D eigenvalue weighted by atomic mass is 35.5. The lowest BCUT2D eigenvalue weighted by Crippen LogP contribution is -2.14. The van der Waals surface area contributed by atoms with Crippen molar-refractivity contribution in [3.8, 4) is 5.75 Å². The van der Waals surface area contributed by atoms with Crippen molar-refractivity contribution >= 4 is 17.4 Å².